The molecular formula is C13H19N5O. The molecule has 0 aliphatic heterocycles. The molecule has 0 saturated carbocycles. The van der Waals surface area contributed by atoms with Gasteiger partial charge < -0.3 is 10.4 Å². The van der Waals surface area contributed by atoms with Crippen LogP contribution in [0.4, 0.5) is 0 Å². The number of unbranched alkanes of at least 4 members (excludes halogenated alkanes) is 1. The second-order valence-corrected chi connectivity index (χ2v) is 4.46. The van der Waals surface area contributed by atoms with E-state index >= 15 is 0 Å². The first kappa shape index (κ1) is 13.6. The van der Waals surface area contributed by atoms with Crippen LogP contribution in [0.15, 0.2) is 30.6 Å². The predicted octanol–water partition coefficient (Wildman–Crippen LogP) is 1.09. The number of aliphatic hydroxyl groups is 1. The summed E-state index contributed by atoms with van der Waals surface area (Å²) in [4.78, 5) is 0. The summed E-state index contributed by atoms with van der Waals surface area (Å²) in [6.45, 7) is 3.28. The second kappa shape index (κ2) is 6.96. The molecule has 0 aliphatic rings. The predicted molar refractivity (Wildman–Crippen MR) is 71.9 cm³/mol. The maximum atomic E-state index is 8.74. The van der Waals surface area contributed by atoms with E-state index in [2.05, 4.69) is 39.9 Å². The van der Waals surface area contributed by atoms with Gasteiger partial charge in [0, 0.05) is 12.6 Å². The lowest BCUT2D eigenvalue weighted by atomic mass is 10.1. The van der Waals surface area contributed by atoms with Crippen molar-refractivity contribution in [2.45, 2.75) is 25.8 Å². The smallest absolute Gasteiger partial charge is 0.143 e. The lowest BCUT2D eigenvalue weighted by Crippen LogP contribution is -2.20. The van der Waals surface area contributed by atoms with Crippen LogP contribution >= 0.6 is 0 Å². The Morgan fingerprint density at radius 1 is 1.37 bits per heavy atom. The fraction of sp³-hybridized carbons (Fsp3) is 0.462. The summed E-state index contributed by atoms with van der Waals surface area (Å²) in [6.07, 6.45) is 3.40. The molecule has 0 amide bonds. The zero-order valence-corrected chi connectivity index (χ0v) is 11.0. The van der Waals surface area contributed by atoms with Crippen LogP contribution in [-0.2, 0) is 0 Å². The van der Waals surface area contributed by atoms with Crippen LogP contribution in [0.2, 0.25) is 0 Å². The van der Waals surface area contributed by atoms with E-state index in [-0.39, 0.29) is 12.6 Å². The average molecular weight is 261 g/mol. The molecule has 0 spiro atoms. The monoisotopic (exact) mass is 261 g/mol. The summed E-state index contributed by atoms with van der Waals surface area (Å²) >= 11 is 0. The number of benzene rings is 1. The highest BCUT2D eigenvalue weighted by atomic mass is 16.2. The van der Waals surface area contributed by atoms with E-state index in [0.29, 0.717) is 0 Å². The minimum Gasteiger partial charge on any atom is -0.396 e. The number of tetrazole rings is 1. The van der Waals surface area contributed by atoms with Crippen molar-refractivity contribution in [3.63, 3.8) is 0 Å². The molecule has 102 valence electrons. The standard InChI is InChI=1S/C13H19N5O/c1-11(14-7-2-3-8-19)12-5-4-6-13(9-12)18-10-15-16-17-18/h4-6,9-11,14,19H,2-3,7-8H2,1H3. The highest BCUT2D eigenvalue weighted by Gasteiger charge is 2.06. The van der Waals surface area contributed by atoms with Gasteiger partial charge in [0.2, 0.25) is 0 Å². The van der Waals surface area contributed by atoms with Gasteiger partial charge in [-0.25, -0.2) is 4.68 Å². The summed E-state index contributed by atoms with van der Waals surface area (Å²) in [5.74, 6) is 0. The minimum absolute atomic E-state index is 0.255. The van der Waals surface area contributed by atoms with Crippen molar-refractivity contribution in [2.75, 3.05) is 13.2 Å². The number of rotatable bonds is 7. The number of nitrogens with one attached hydrogen (secondary N) is 1. The topological polar surface area (TPSA) is 75.9 Å². The van der Waals surface area contributed by atoms with E-state index in [1.807, 2.05) is 12.1 Å². The van der Waals surface area contributed by atoms with Crippen molar-refractivity contribution in [1.29, 1.82) is 0 Å². The lowest BCUT2D eigenvalue weighted by Gasteiger charge is -2.15. The Bertz CT molecular complexity index is 486. The Kier molecular flexibility index (Phi) is 5.00. The number of hydrogen-bond donors (Lipinski definition) is 2. The summed E-state index contributed by atoms with van der Waals surface area (Å²) in [5.41, 5.74) is 2.14. The highest BCUT2D eigenvalue weighted by molar-refractivity contribution is 5.35. The molecule has 2 N–H and O–H groups in total. The van der Waals surface area contributed by atoms with E-state index in [1.54, 1.807) is 11.0 Å². The molecule has 1 heterocycles. The largest absolute Gasteiger partial charge is 0.396 e. The van der Waals surface area contributed by atoms with Crippen LogP contribution in [-0.4, -0.2) is 38.5 Å². The zero-order chi connectivity index (χ0) is 13.5. The summed E-state index contributed by atoms with van der Waals surface area (Å²) in [6, 6.07) is 8.38. The van der Waals surface area contributed by atoms with Crippen molar-refractivity contribution in [3.05, 3.63) is 36.2 Å². The Balaban J connectivity index is 1.98. The minimum atomic E-state index is 0.255. The van der Waals surface area contributed by atoms with Crippen LogP contribution in [0.5, 0.6) is 0 Å². The summed E-state index contributed by atoms with van der Waals surface area (Å²) in [7, 11) is 0. The van der Waals surface area contributed by atoms with Crippen LogP contribution in [0.3, 0.4) is 0 Å². The van der Waals surface area contributed by atoms with Gasteiger partial charge >= 0.3 is 0 Å². The second-order valence-electron chi connectivity index (χ2n) is 4.46. The van der Waals surface area contributed by atoms with Gasteiger partial charge in [-0.2, -0.15) is 0 Å². The number of nitrogens with zero attached hydrogens (tertiary/aromatic N) is 4. The first-order valence-electron chi connectivity index (χ1n) is 6.49. The first-order valence-corrected chi connectivity index (χ1v) is 6.49. The maximum Gasteiger partial charge on any atom is 0.143 e. The number of aromatic nitrogens is 4. The van der Waals surface area contributed by atoms with Gasteiger partial charge in [0.25, 0.3) is 0 Å². The van der Waals surface area contributed by atoms with E-state index in [0.717, 1.165) is 25.1 Å². The molecule has 0 fully saturated rings. The van der Waals surface area contributed by atoms with Crippen molar-refractivity contribution in [1.82, 2.24) is 25.5 Å². The van der Waals surface area contributed by atoms with E-state index in [4.69, 9.17) is 5.11 Å². The SMILES string of the molecule is CC(NCCCCO)c1cccc(-n2cnnn2)c1. The van der Waals surface area contributed by atoms with Gasteiger partial charge in [0.05, 0.1) is 5.69 Å². The molecule has 6 nitrogen and oxygen atoms in total. The number of aliphatic hydroxyl groups excluding tert-OH is 1. The molecule has 0 radical (unpaired) electrons. The third-order valence-electron chi connectivity index (χ3n) is 3.02. The summed E-state index contributed by atoms with van der Waals surface area (Å²) < 4.78 is 1.64. The van der Waals surface area contributed by atoms with Gasteiger partial charge in [-0.05, 0) is 54.4 Å². The van der Waals surface area contributed by atoms with E-state index < -0.39 is 0 Å². The molecule has 1 aromatic heterocycles. The highest BCUT2D eigenvalue weighted by Crippen LogP contribution is 2.16. The molecule has 6 heteroatoms. The Hall–Kier alpha value is -1.79. The quantitative estimate of drug-likeness (QED) is 0.730. The van der Waals surface area contributed by atoms with Crippen molar-refractivity contribution >= 4 is 0 Å². The molecular weight excluding hydrogens is 242 g/mol. The van der Waals surface area contributed by atoms with Gasteiger partial charge in [0.15, 0.2) is 0 Å². The molecule has 1 atom stereocenters. The maximum absolute atomic E-state index is 8.74. The third kappa shape index (κ3) is 3.84. The molecule has 2 aromatic rings. The van der Waals surface area contributed by atoms with Gasteiger partial charge in [-0.1, -0.05) is 12.1 Å². The van der Waals surface area contributed by atoms with Crippen molar-refractivity contribution < 1.29 is 5.11 Å². The molecule has 1 unspecified atom stereocenters. The summed E-state index contributed by atoms with van der Waals surface area (Å²) in [5, 5.41) is 23.3. The van der Waals surface area contributed by atoms with Gasteiger partial charge in [-0.3, -0.25) is 0 Å². The fourth-order valence-corrected chi connectivity index (χ4v) is 1.89. The molecule has 1 aromatic carbocycles. The molecule has 0 saturated heterocycles. The zero-order valence-electron chi connectivity index (χ0n) is 11.0. The van der Waals surface area contributed by atoms with Crippen molar-refractivity contribution in [3.8, 4) is 5.69 Å². The van der Waals surface area contributed by atoms with E-state index in [1.165, 1.54) is 5.56 Å². The molecule has 19 heavy (non-hydrogen) atoms. The van der Waals surface area contributed by atoms with Gasteiger partial charge in [-0.15, -0.1) is 5.10 Å². The molecule has 0 bridgehead atoms. The molecule has 0 aliphatic carbocycles. The van der Waals surface area contributed by atoms with Crippen LogP contribution in [0.1, 0.15) is 31.4 Å². The Morgan fingerprint density at radius 3 is 3.00 bits per heavy atom. The van der Waals surface area contributed by atoms with Crippen molar-refractivity contribution in [2.24, 2.45) is 0 Å². The Labute approximate surface area is 112 Å². The normalized spacial score (nSPS) is 12.5. The first-order chi connectivity index (χ1) is 9.31. The average Bonchev–Trinajstić information content (AvgIpc) is 2.98. The van der Waals surface area contributed by atoms with Crippen LogP contribution < -0.4 is 5.32 Å². The van der Waals surface area contributed by atoms with E-state index in [9.17, 15) is 0 Å². The van der Waals surface area contributed by atoms with Crippen LogP contribution in [0, 0.1) is 0 Å². The van der Waals surface area contributed by atoms with Crippen LogP contribution in [0.25, 0.3) is 5.69 Å². The molecule has 2 rings (SSSR count). The fourth-order valence-electron chi connectivity index (χ4n) is 1.89. The number of hydrogen-bond acceptors (Lipinski definition) is 5. The Morgan fingerprint density at radius 2 is 2.26 bits per heavy atom. The lowest BCUT2D eigenvalue weighted by molar-refractivity contribution is 0.283. The van der Waals surface area contributed by atoms with Gasteiger partial charge in [0.1, 0.15) is 6.33 Å². The third-order valence-corrected chi connectivity index (χ3v) is 3.02.